The zero-order chi connectivity index (χ0) is 21.1. The van der Waals surface area contributed by atoms with Crippen LogP contribution in [-0.2, 0) is 14.8 Å². The molecule has 2 heterocycles. The van der Waals surface area contributed by atoms with Crippen molar-refractivity contribution in [2.45, 2.75) is 30.7 Å². The Kier molecular flexibility index (Phi) is 5.97. The van der Waals surface area contributed by atoms with E-state index in [1.165, 1.54) is 10.4 Å². The van der Waals surface area contributed by atoms with Gasteiger partial charge >= 0.3 is 0 Å². The molecule has 7 nitrogen and oxygen atoms in total. The number of fused-ring (bicyclic) bond motifs is 1. The topological polar surface area (TPSA) is 84.9 Å². The van der Waals surface area contributed by atoms with Gasteiger partial charge in [-0.15, -0.1) is 0 Å². The van der Waals surface area contributed by atoms with Crippen LogP contribution in [0.25, 0.3) is 0 Å². The minimum atomic E-state index is -3.64. The highest BCUT2D eigenvalue weighted by Crippen LogP contribution is 2.34. The van der Waals surface area contributed by atoms with Gasteiger partial charge < -0.3 is 14.8 Å². The molecule has 0 aliphatic carbocycles. The molecule has 0 unspecified atom stereocenters. The second-order valence-corrected chi connectivity index (χ2v) is 9.56. The summed E-state index contributed by atoms with van der Waals surface area (Å²) in [4.78, 5) is 12.8. The Morgan fingerprint density at radius 2 is 1.70 bits per heavy atom. The SMILES string of the molecule is C[C@H](NC(=O)C1CCN(S(=O)(=O)c2ccc3c(c2)OCCO3)CC1)c1ccccc1. The lowest BCUT2D eigenvalue weighted by atomic mass is 9.96. The van der Waals surface area contributed by atoms with Crippen molar-refractivity contribution < 1.29 is 22.7 Å². The fraction of sp³-hybridized carbons (Fsp3) is 0.409. The Morgan fingerprint density at radius 1 is 1.03 bits per heavy atom. The minimum Gasteiger partial charge on any atom is -0.486 e. The molecule has 1 fully saturated rings. The molecule has 2 aromatic rings. The molecule has 2 aliphatic rings. The molecule has 8 heteroatoms. The molecule has 0 bridgehead atoms. The molecule has 0 radical (unpaired) electrons. The smallest absolute Gasteiger partial charge is 0.243 e. The van der Waals surface area contributed by atoms with E-state index in [4.69, 9.17) is 9.47 Å². The van der Waals surface area contributed by atoms with Crippen molar-refractivity contribution in [2.24, 2.45) is 5.92 Å². The Bertz CT molecular complexity index is 1000. The van der Waals surface area contributed by atoms with Crippen molar-refractivity contribution in [2.75, 3.05) is 26.3 Å². The lowest BCUT2D eigenvalue weighted by Crippen LogP contribution is -2.43. The van der Waals surface area contributed by atoms with Gasteiger partial charge in [-0.2, -0.15) is 4.31 Å². The first-order valence-corrected chi connectivity index (χ1v) is 11.6. The minimum absolute atomic E-state index is 0.0252. The standard InChI is InChI=1S/C22H26N2O5S/c1-16(17-5-3-2-4-6-17)23-22(25)18-9-11-24(12-10-18)30(26,27)19-7-8-20-21(15-19)29-14-13-28-20/h2-8,15-16,18H,9-14H2,1H3,(H,23,25)/t16-/m0/s1. The quantitative estimate of drug-likeness (QED) is 0.789. The number of nitrogens with zero attached hydrogens (tertiary/aromatic N) is 1. The van der Waals surface area contributed by atoms with Gasteiger partial charge in [-0.25, -0.2) is 8.42 Å². The number of carbonyl (C=O) groups excluding carboxylic acids is 1. The van der Waals surface area contributed by atoms with E-state index in [-0.39, 0.29) is 22.8 Å². The van der Waals surface area contributed by atoms with Crippen LogP contribution in [0.3, 0.4) is 0 Å². The molecule has 30 heavy (non-hydrogen) atoms. The van der Waals surface area contributed by atoms with E-state index in [1.54, 1.807) is 12.1 Å². The first-order valence-electron chi connectivity index (χ1n) is 10.2. The van der Waals surface area contributed by atoms with Crippen LogP contribution < -0.4 is 14.8 Å². The molecule has 1 atom stereocenters. The third kappa shape index (κ3) is 4.29. The van der Waals surface area contributed by atoms with Gasteiger partial charge in [0.2, 0.25) is 15.9 Å². The van der Waals surface area contributed by atoms with Crippen LogP contribution in [0.1, 0.15) is 31.4 Å². The number of piperidine rings is 1. The third-order valence-corrected chi connectivity index (χ3v) is 7.53. The van der Waals surface area contributed by atoms with Crippen LogP contribution in [0.2, 0.25) is 0 Å². The number of carbonyl (C=O) groups is 1. The van der Waals surface area contributed by atoms with Crippen molar-refractivity contribution in [1.82, 2.24) is 9.62 Å². The third-order valence-electron chi connectivity index (χ3n) is 5.63. The lowest BCUT2D eigenvalue weighted by molar-refractivity contribution is -0.126. The predicted molar refractivity (Wildman–Crippen MR) is 112 cm³/mol. The number of rotatable bonds is 5. The fourth-order valence-electron chi connectivity index (χ4n) is 3.85. The van der Waals surface area contributed by atoms with E-state index in [9.17, 15) is 13.2 Å². The summed E-state index contributed by atoms with van der Waals surface area (Å²) in [5.41, 5.74) is 1.05. The molecule has 160 valence electrons. The number of nitrogens with one attached hydrogen (secondary N) is 1. The molecular formula is C22H26N2O5S. The van der Waals surface area contributed by atoms with Crippen LogP contribution in [0.5, 0.6) is 11.5 Å². The van der Waals surface area contributed by atoms with E-state index in [2.05, 4.69) is 5.32 Å². The first-order chi connectivity index (χ1) is 14.4. The molecule has 2 aromatic carbocycles. The zero-order valence-corrected chi connectivity index (χ0v) is 17.7. The summed E-state index contributed by atoms with van der Waals surface area (Å²) in [6.45, 7) is 3.44. The summed E-state index contributed by atoms with van der Waals surface area (Å²) in [6.07, 6.45) is 0.994. The maximum Gasteiger partial charge on any atom is 0.243 e. The van der Waals surface area contributed by atoms with Crippen LogP contribution in [0.4, 0.5) is 0 Å². The largest absolute Gasteiger partial charge is 0.486 e. The number of hydrogen-bond acceptors (Lipinski definition) is 5. The van der Waals surface area contributed by atoms with Crippen LogP contribution in [0.15, 0.2) is 53.4 Å². The Labute approximate surface area is 177 Å². The van der Waals surface area contributed by atoms with E-state index in [0.29, 0.717) is 50.6 Å². The first kappa shape index (κ1) is 20.7. The summed E-state index contributed by atoms with van der Waals surface area (Å²) in [5, 5.41) is 3.05. The maximum absolute atomic E-state index is 13.0. The molecule has 1 N–H and O–H groups in total. The highest BCUT2D eigenvalue weighted by molar-refractivity contribution is 7.89. The molecule has 0 saturated carbocycles. The van der Waals surface area contributed by atoms with E-state index < -0.39 is 10.0 Å². The summed E-state index contributed by atoms with van der Waals surface area (Å²) in [6, 6.07) is 14.4. The van der Waals surface area contributed by atoms with Gasteiger partial charge in [0.15, 0.2) is 11.5 Å². The van der Waals surface area contributed by atoms with Crippen molar-refractivity contribution in [3.63, 3.8) is 0 Å². The molecule has 2 aliphatic heterocycles. The normalized spacial score (nSPS) is 18.6. The van der Waals surface area contributed by atoms with Crippen molar-refractivity contribution in [3.05, 3.63) is 54.1 Å². The summed E-state index contributed by atoms with van der Waals surface area (Å²) >= 11 is 0. The molecule has 1 amide bonds. The van der Waals surface area contributed by atoms with Crippen molar-refractivity contribution >= 4 is 15.9 Å². The predicted octanol–water partition coefficient (Wildman–Crippen LogP) is 2.74. The van der Waals surface area contributed by atoms with Crippen LogP contribution in [-0.4, -0.2) is 44.9 Å². The molecule has 1 saturated heterocycles. The van der Waals surface area contributed by atoms with Gasteiger partial charge in [-0.1, -0.05) is 30.3 Å². The average Bonchev–Trinajstić information content (AvgIpc) is 2.79. The van der Waals surface area contributed by atoms with E-state index in [0.717, 1.165) is 5.56 Å². The number of hydrogen-bond donors (Lipinski definition) is 1. The molecule has 0 aromatic heterocycles. The Hall–Kier alpha value is -2.58. The Morgan fingerprint density at radius 3 is 2.40 bits per heavy atom. The fourth-order valence-corrected chi connectivity index (χ4v) is 5.33. The summed E-state index contributed by atoms with van der Waals surface area (Å²) in [5.74, 6) is 0.792. The molecule has 0 spiro atoms. The second kappa shape index (κ2) is 8.65. The number of ether oxygens (including phenoxy) is 2. The number of amides is 1. The van der Waals surface area contributed by atoms with Gasteiger partial charge in [0, 0.05) is 25.1 Å². The van der Waals surface area contributed by atoms with Crippen LogP contribution in [0, 0.1) is 5.92 Å². The van der Waals surface area contributed by atoms with Gasteiger partial charge in [-0.3, -0.25) is 4.79 Å². The van der Waals surface area contributed by atoms with Crippen molar-refractivity contribution in [3.8, 4) is 11.5 Å². The van der Waals surface area contributed by atoms with Crippen LogP contribution >= 0.6 is 0 Å². The van der Waals surface area contributed by atoms with Crippen molar-refractivity contribution in [1.29, 1.82) is 0 Å². The number of benzene rings is 2. The zero-order valence-electron chi connectivity index (χ0n) is 16.9. The monoisotopic (exact) mass is 430 g/mol. The summed E-state index contributed by atoms with van der Waals surface area (Å²) < 4.78 is 38.5. The maximum atomic E-state index is 13.0. The highest BCUT2D eigenvalue weighted by atomic mass is 32.2. The second-order valence-electron chi connectivity index (χ2n) is 7.62. The van der Waals surface area contributed by atoms with E-state index in [1.807, 2.05) is 37.3 Å². The number of sulfonamides is 1. The Balaban J connectivity index is 1.37. The van der Waals surface area contributed by atoms with Gasteiger partial charge in [0.05, 0.1) is 10.9 Å². The van der Waals surface area contributed by atoms with Gasteiger partial charge in [-0.05, 0) is 37.5 Å². The van der Waals surface area contributed by atoms with Gasteiger partial charge in [0.25, 0.3) is 0 Å². The molecule has 4 rings (SSSR count). The highest BCUT2D eigenvalue weighted by Gasteiger charge is 2.33. The van der Waals surface area contributed by atoms with Gasteiger partial charge in [0.1, 0.15) is 13.2 Å². The average molecular weight is 431 g/mol. The molecular weight excluding hydrogens is 404 g/mol. The van der Waals surface area contributed by atoms with E-state index >= 15 is 0 Å². The lowest BCUT2D eigenvalue weighted by Gasteiger charge is -2.31. The summed E-state index contributed by atoms with van der Waals surface area (Å²) in [7, 11) is -3.64.